The summed E-state index contributed by atoms with van der Waals surface area (Å²) in [6, 6.07) is 18.7. The molecule has 0 unspecified atom stereocenters. The number of nitrogens with zero attached hydrogens (tertiary/aromatic N) is 2. The summed E-state index contributed by atoms with van der Waals surface area (Å²) in [5.41, 5.74) is 2.29. The third-order valence-electron chi connectivity index (χ3n) is 5.83. The van der Waals surface area contributed by atoms with E-state index in [1.54, 1.807) is 10.6 Å². The number of fused-ring (bicyclic) bond motifs is 1. The summed E-state index contributed by atoms with van der Waals surface area (Å²) in [4.78, 5) is 32.5. The van der Waals surface area contributed by atoms with Crippen LogP contribution in [0.5, 0.6) is 0 Å². The minimum absolute atomic E-state index is 0.0211. The maximum Gasteiger partial charge on any atom is 0.256 e. The highest BCUT2D eigenvalue weighted by Crippen LogP contribution is 2.39. The monoisotopic (exact) mass is 444 g/mol. The third-order valence-corrected chi connectivity index (χ3v) is 7.04. The third kappa shape index (κ3) is 3.85. The molecule has 0 saturated carbocycles. The van der Waals surface area contributed by atoms with Gasteiger partial charge in [-0.05, 0) is 63.2 Å². The number of Topliss-reactive ketones (excluding diaryl/α,β-unsaturated/α-hetero) is 1. The zero-order valence-corrected chi connectivity index (χ0v) is 18.6. The molecule has 1 aromatic carbocycles. The second-order valence-electron chi connectivity index (χ2n) is 8.05. The maximum atomic E-state index is 13.6. The molecular weight excluding hydrogens is 420 g/mol. The Hall–Kier alpha value is -3.29. The Morgan fingerprint density at radius 1 is 1.06 bits per heavy atom. The molecule has 0 atom stereocenters. The molecule has 0 aliphatic carbocycles. The highest BCUT2D eigenvalue weighted by molar-refractivity contribution is 7.21. The summed E-state index contributed by atoms with van der Waals surface area (Å²) >= 11 is 1.39. The highest BCUT2D eigenvalue weighted by atomic mass is 32.1. The molecule has 32 heavy (non-hydrogen) atoms. The number of thiophene rings is 1. The number of carbonyl (C=O) groups is 1. The number of aryl methyl sites for hydroxylation is 1. The molecule has 6 nitrogen and oxygen atoms in total. The van der Waals surface area contributed by atoms with Crippen LogP contribution in [0, 0.1) is 12.8 Å². The van der Waals surface area contributed by atoms with Crippen LogP contribution in [0.25, 0.3) is 15.9 Å². The second-order valence-corrected chi connectivity index (χ2v) is 9.04. The standard InChI is InChI=1S/C25H24N4O2S/c1-16-6-5-9-20(27-16)28-22-19-10-11-21(30)29(18-7-3-2-4-8-18)25(19)32-24(22)23(31)17-12-14-26-15-13-17/h2-11,17,26H,12-15H2,1H3,(H,27,28). The van der Waals surface area contributed by atoms with Crippen molar-refractivity contribution in [1.29, 1.82) is 0 Å². The van der Waals surface area contributed by atoms with Gasteiger partial charge in [0, 0.05) is 23.1 Å². The van der Waals surface area contributed by atoms with E-state index in [-0.39, 0.29) is 17.3 Å². The molecule has 0 radical (unpaired) electrons. The fourth-order valence-corrected chi connectivity index (χ4v) is 5.50. The number of nitrogens with one attached hydrogen (secondary N) is 2. The lowest BCUT2D eigenvalue weighted by Gasteiger charge is -2.21. The van der Waals surface area contributed by atoms with Crippen molar-refractivity contribution in [1.82, 2.24) is 14.9 Å². The first-order valence-electron chi connectivity index (χ1n) is 10.8. The lowest BCUT2D eigenvalue weighted by Crippen LogP contribution is -2.31. The molecule has 2 N–H and O–H groups in total. The molecule has 7 heteroatoms. The molecule has 0 amide bonds. The van der Waals surface area contributed by atoms with Crippen molar-refractivity contribution >= 4 is 38.8 Å². The quantitative estimate of drug-likeness (QED) is 0.437. The number of pyridine rings is 2. The number of hydrogen-bond donors (Lipinski definition) is 2. The first-order valence-corrected chi connectivity index (χ1v) is 11.6. The van der Waals surface area contributed by atoms with Gasteiger partial charge in [-0.2, -0.15) is 0 Å². The van der Waals surface area contributed by atoms with Gasteiger partial charge in [-0.15, -0.1) is 11.3 Å². The van der Waals surface area contributed by atoms with E-state index >= 15 is 0 Å². The molecule has 5 rings (SSSR count). The van der Waals surface area contributed by atoms with Gasteiger partial charge in [-0.3, -0.25) is 14.2 Å². The predicted molar refractivity (Wildman–Crippen MR) is 130 cm³/mol. The molecular formula is C25H24N4O2S. The SMILES string of the molecule is Cc1cccc(Nc2c(C(=O)C3CCNCC3)sc3c2ccc(=O)n3-c2ccccc2)n1. The minimum atomic E-state index is -0.119. The van der Waals surface area contributed by atoms with Gasteiger partial charge in [0.25, 0.3) is 5.56 Å². The number of piperidine rings is 1. The number of anilines is 2. The Kier molecular flexibility index (Phi) is 5.59. The van der Waals surface area contributed by atoms with Crippen LogP contribution in [0.2, 0.25) is 0 Å². The van der Waals surface area contributed by atoms with Crippen molar-refractivity contribution in [3.8, 4) is 5.69 Å². The number of ketones is 1. The lowest BCUT2D eigenvalue weighted by molar-refractivity contribution is 0.0900. The molecule has 4 heterocycles. The smallest absolute Gasteiger partial charge is 0.256 e. The number of rotatable bonds is 5. The first-order chi connectivity index (χ1) is 15.6. The zero-order valence-electron chi connectivity index (χ0n) is 17.8. The van der Waals surface area contributed by atoms with Gasteiger partial charge in [-0.25, -0.2) is 4.98 Å². The van der Waals surface area contributed by atoms with Crippen molar-refractivity contribution in [2.45, 2.75) is 19.8 Å². The van der Waals surface area contributed by atoms with Crippen LogP contribution in [-0.2, 0) is 0 Å². The van der Waals surface area contributed by atoms with Crippen LogP contribution in [0.4, 0.5) is 11.5 Å². The van der Waals surface area contributed by atoms with Crippen molar-refractivity contribution in [2.24, 2.45) is 5.92 Å². The van der Waals surface area contributed by atoms with E-state index in [0.29, 0.717) is 10.7 Å². The predicted octanol–water partition coefficient (Wildman–Crippen LogP) is 4.68. The van der Waals surface area contributed by atoms with Crippen molar-refractivity contribution in [3.63, 3.8) is 0 Å². The molecule has 0 spiro atoms. The molecule has 0 bridgehead atoms. The second kappa shape index (κ2) is 8.68. The Labute approximate surface area is 189 Å². The topological polar surface area (TPSA) is 76.0 Å². The number of aromatic nitrogens is 2. The highest BCUT2D eigenvalue weighted by Gasteiger charge is 2.28. The minimum Gasteiger partial charge on any atom is -0.338 e. The Bertz CT molecular complexity index is 1340. The van der Waals surface area contributed by atoms with Crippen molar-refractivity contribution in [3.05, 3.63) is 81.6 Å². The van der Waals surface area contributed by atoms with Crippen LogP contribution >= 0.6 is 11.3 Å². The summed E-state index contributed by atoms with van der Waals surface area (Å²) in [6.07, 6.45) is 1.64. The van der Waals surface area contributed by atoms with Gasteiger partial charge >= 0.3 is 0 Å². The normalized spacial score (nSPS) is 14.5. The molecule has 1 aliphatic heterocycles. The van der Waals surface area contributed by atoms with Gasteiger partial charge in [0.2, 0.25) is 0 Å². The fraction of sp³-hybridized carbons (Fsp3) is 0.240. The van der Waals surface area contributed by atoms with E-state index in [9.17, 15) is 9.59 Å². The molecule has 1 aliphatic rings. The number of benzene rings is 1. The summed E-state index contributed by atoms with van der Waals surface area (Å²) in [6.45, 7) is 3.63. The Balaban J connectivity index is 1.71. The first kappa shape index (κ1) is 20.6. The molecule has 3 aromatic heterocycles. The van der Waals surface area contributed by atoms with E-state index in [4.69, 9.17) is 0 Å². The number of carbonyl (C=O) groups excluding carboxylic acids is 1. The van der Waals surface area contributed by atoms with E-state index in [0.717, 1.165) is 53.2 Å². The van der Waals surface area contributed by atoms with Gasteiger partial charge < -0.3 is 10.6 Å². The van der Waals surface area contributed by atoms with Gasteiger partial charge in [0.1, 0.15) is 10.6 Å². The lowest BCUT2D eigenvalue weighted by atomic mass is 9.92. The molecule has 4 aromatic rings. The van der Waals surface area contributed by atoms with E-state index < -0.39 is 0 Å². The van der Waals surface area contributed by atoms with Crippen LogP contribution in [0.1, 0.15) is 28.2 Å². The maximum absolute atomic E-state index is 13.6. The van der Waals surface area contributed by atoms with Gasteiger partial charge in [0.15, 0.2) is 5.78 Å². The molecule has 1 saturated heterocycles. The van der Waals surface area contributed by atoms with Crippen LogP contribution in [0.3, 0.4) is 0 Å². The number of hydrogen-bond acceptors (Lipinski definition) is 6. The molecule has 1 fully saturated rings. The zero-order chi connectivity index (χ0) is 22.1. The van der Waals surface area contributed by atoms with E-state index in [1.165, 1.54) is 11.3 Å². The summed E-state index contributed by atoms with van der Waals surface area (Å²) in [5, 5.41) is 7.57. The van der Waals surface area contributed by atoms with Gasteiger partial charge in [-0.1, -0.05) is 24.3 Å². The van der Waals surface area contributed by atoms with Gasteiger partial charge in [0.05, 0.1) is 16.3 Å². The Morgan fingerprint density at radius 3 is 2.59 bits per heavy atom. The summed E-state index contributed by atoms with van der Waals surface area (Å²) < 4.78 is 1.69. The molecule has 162 valence electrons. The van der Waals surface area contributed by atoms with E-state index in [1.807, 2.05) is 61.5 Å². The van der Waals surface area contributed by atoms with Crippen LogP contribution < -0.4 is 16.2 Å². The van der Waals surface area contributed by atoms with E-state index in [2.05, 4.69) is 15.6 Å². The summed E-state index contributed by atoms with van der Waals surface area (Å²) in [7, 11) is 0. The van der Waals surface area contributed by atoms with Crippen LogP contribution in [0.15, 0.2) is 65.5 Å². The summed E-state index contributed by atoms with van der Waals surface area (Å²) in [5.74, 6) is 0.795. The average molecular weight is 445 g/mol. The van der Waals surface area contributed by atoms with Crippen molar-refractivity contribution in [2.75, 3.05) is 18.4 Å². The average Bonchev–Trinajstić information content (AvgIpc) is 3.17. The fourth-order valence-electron chi connectivity index (χ4n) is 4.21. The largest absolute Gasteiger partial charge is 0.338 e. The Morgan fingerprint density at radius 2 is 1.84 bits per heavy atom. The number of para-hydroxylation sites is 1. The van der Waals surface area contributed by atoms with Crippen LogP contribution in [-0.4, -0.2) is 28.4 Å². The van der Waals surface area contributed by atoms with Crippen molar-refractivity contribution < 1.29 is 4.79 Å².